The van der Waals surface area contributed by atoms with Crippen molar-refractivity contribution >= 4 is 5.57 Å². The zero-order valence-corrected chi connectivity index (χ0v) is 17.6. The van der Waals surface area contributed by atoms with E-state index in [1.165, 1.54) is 47.9 Å². The Morgan fingerprint density at radius 3 is 1.89 bits per heavy atom. The lowest BCUT2D eigenvalue weighted by Crippen LogP contribution is -2.24. The van der Waals surface area contributed by atoms with E-state index < -0.39 is 0 Å². The molecular weight excluding hydrogens is 328 g/mol. The van der Waals surface area contributed by atoms with Gasteiger partial charge in [0.05, 0.1) is 7.11 Å². The van der Waals surface area contributed by atoms with E-state index in [4.69, 9.17) is 4.74 Å². The third-order valence-electron chi connectivity index (χ3n) is 6.14. The van der Waals surface area contributed by atoms with Crippen LogP contribution in [0.15, 0.2) is 54.1 Å². The molecule has 1 aliphatic rings. The van der Waals surface area contributed by atoms with Crippen LogP contribution >= 0.6 is 0 Å². The van der Waals surface area contributed by atoms with Crippen molar-refractivity contribution in [1.82, 2.24) is 0 Å². The lowest BCUT2D eigenvalue weighted by molar-refractivity contribution is 0.277. The third kappa shape index (κ3) is 4.46. The molecule has 0 spiro atoms. The lowest BCUT2D eigenvalue weighted by atomic mass is 9.68. The molecule has 0 aromatic heterocycles. The maximum absolute atomic E-state index is 5.38. The highest BCUT2D eigenvalue weighted by atomic mass is 16.5. The first-order chi connectivity index (χ1) is 13.0. The largest absolute Gasteiger partial charge is 0.497 e. The van der Waals surface area contributed by atoms with Crippen molar-refractivity contribution in [3.63, 3.8) is 0 Å². The van der Waals surface area contributed by atoms with Crippen molar-refractivity contribution < 1.29 is 4.74 Å². The quantitative estimate of drug-likeness (QED) is 0.542. The van der Waals surface area contributed by atoms with Gasteiger partial charge < -0.3 is 4.74 Å². The monoisotopic (exact) mass is 362 g/mol. The van der Waals surface area contributed by atoms with Crippen LogP contribution in [0, 0.1) is 24.7 Å². The number of hydrogen-bond acceptors (Lipinski definition) is 1. The number of ether oxygens (including phenoxy) is 1. The van der Waals surface area contributed by atoms with Gasteiger partial charge in [0, 0.05) is 0 Å². The van der Waals surface area contributed by atoms with E-state index in [0.29, 0.717) is 11.8 Å². The van der Waals surface area contributed by atoms with Crippen LogP contribution in [0.5, 0.6) is 5.75 Å². The van der Waals surface area contributed by atoms with Gasteiger partial charge in [-0.05, 0) is 66.4 Å². The minimum Gasteiger partial charge on any atom is -0.497 e. The zero-order chi connectivity index (χ0) is 19.4. The predicted octanol–water partition coefficient (Wildman–Crippen LogP) is 7.29. The van der Waals surface area contributed by atoms with Crippen molar-refractivity contribution in [2.24, 2.45) is 17.8 Å². The molecule has 2 atom stereocenters. The van der Waals surface area contributed by atoms with Gasteiger partial charge in [-0.25, -0.2) is 0 Å². The van der Waals surface area contributed by atoms with Gasteiger partial charge in [0.15, 0.2) is 0 Å². The summed E-state index contributed by atoms with van der Waals surface area (Å²) in [6, 6.07) is 17.7. The number of hydrogen-bond donors (Lipinski definition) is 0. The normalized spacial score (nSPS) is 22.6. The average molecular weight is 363 g/mol. The van der Waals surface area contributed by atoms with Crippen molar-refractivity contribution in [3.8, 4) is 5.75 Å². The second kappa shape index (κ2) is 8.78. The summed E-state index contributed by atoms with van der Waals surface area (Å²) in [5.41, 5.74) is 7.03. The van der Waals surface area contributed by atoms with E-state index in [-0.39, 0.29) is 0 Å². The molecule has 2 unspecified atom stereocenters. The molecule has 1 heteroatoms. The van der Waals surface area contributed by atoms with Gasteiger partial charge >= 0.3 is 0 Å². The van der Waals surface area contributed by atoms with Crippen LogP contribution < -0.4 is 4.74 Å². The Hall–Kier alpha value is -2.02. The molecule has 0 aliphatic heterocycles. The van der Waals surface area contributed by atoms with Crippen molar-refractivity contribution in [1.29, 1.82) is 0 Å². The topological polar surface area (TPSA) is 9.23 Å². The highest BCUT2D eigenvalue weighted by Crippen LogP contribution is 2.44. The second-order valence-electron chi connectivity index (χ2n) is 8.35. The van der Waals surface area contributed by atoms with Gasteiger partial charge in [-0.1, -0.05) is 81.1 Å². The van der Waals surface area contributed by atoms with Crippen LogP contribution in [0.2, 0.25) is 0 Å². The fraction of sp³-hybridized carbons (Fsp3) is 0.462. The highest BCUT2D eigenvalue weighted by molar-refractivity contribution is 5.83. The molecule has 1 saturated carbocycles. The first-order valence-electron chi connectivity index (χ1n) is 10.5. The van der Waals surface area contributed by atoms with Crippen molar-refractivity contribution in [3.05, 3.63) is 70.8 Å². The maximum atomic E-state index is 5.38. The molecule has 0 N–H and O–H groups in total. The molecule has 2 aromatic rings. The molecule has 0 heterocycles. The second-order valence-corrected chi connectivity index (χ2v) is 8.35. The Labute approximate surface area is 165 Å². The SMILES string of the molecule is CCCC1CC(C)C(=C(c2ccc(C)cc2)c2ccc(OC)cc2)C(C)C1. The van der Waals surface area contributed by atoms with Gasteiger partial charge in [-0.3, -0.25) is 0 Å². The van der Waals surface area contributed by atoms with Crippen LogP contribution in [0.4, 0.5) is 0 Å². The van der Waals surface area contributed by atoms with Crippen LogP contribution in [0.1, 0.15) is 63.1 Å². The number of rotatable bonds is 5. The average Bonchev–Trinajstić information content (AvgIpc) is 2.66. The first kappa shape index (κ1) is 19.7. The fourth-order valence-corrected chi connectivity index (χ4v) is 4.95. The van der Waals surface area contributed by atoms with Gasteiger partial charge in [0.1, 0.15) is 5.75 Å². The summed E-state index contributed by atoms with van der Waals surface area (Å²) in [7, 11) is 1.73. The summed E-state index contributed by atoms with van der Waals surface area (Å²) in [5, 5.41) is 0. The third-order valence-corrected chi connectivity index (χ3v) is 6.14. The summed E-state index contributed by atoms with van der Waals surface area (Å²) >= 11 is 0. The molecule has 2 aromatic carbocycles. The first-order valence-corrected chi connectivity index (χ1v) is 10.5. The number of aryl methyl sites for hydroxylation is 1. The molecular formula is C26H34O. The molecule has 1 aliphatic carbocycles. The van der Waals surface area contributed by atoms with E-state index in [0.717, 1.165) is 11.7 Å². The Kier molecular flexibility index (Phi) is 6.42. The Bertz CT molecular complexity index is 753. The maximum Gasteiger partial charge on any atom is 0.118 e. The van der Waals surface area contributed by atoms with E-state index >= 15 is 0 Å². The summed E-state index contributed by atoms with van der Waals surface area (Å²) in [6.07, 6.45) is 5.30. The molecule has 1 nitrogen and oxygen atoms in total. The van der Waals surface area contributed by atoms with Crippen molar-refractivity contribution in [2.75, 3.05) is 7.11 Å². The minimum absolute atomic E-state index is 0.628. The van der Waals surface area contributed by atoms with E-state index in [1.807, 2.05) is 0 Å². The van der Waals surface area contributed by atoms with Crippen LogP contribution in [-0.4, -0.2) is 7.11 Å². The van der Waals surface area contributed by atoms with E-state index in [2.05, 4.69) is 76.2 Å². The lowest BCUT2D eigenvalue weighted by Gasteiger charge is -2.36. The molecule has 27 heavy (non-hydrogen) atoms. The van der Waals surface area contributed by atoms with Gasteiger partial charge in [0.25, 0.3) is 0 Å². The summed E-state index contributed by atoms with van der Waals surface area (Å²) < 4.78 is 5.38. The Morgan fingerprint density at radius 1 is 0.889 bits per heavy atom. The summed E-state index contributed by atoms with van der Waals surface area (Å²) in [4.78, 5) is 0. The molecule has 0 bridgehead atoms. The van der Waals surface area contributed by atoms with Crippen LogP contribution in [0.25, 0.3) is 5.57 Å². The molecule has 0 radical (unpaired) electrons. The highest BCUT2D eigenvalue weighted by Gasteiger charge is 2.30. The smallest absolute Gasteiger partial charge is 0.118 e. The summed E-state index contributed by atoms with van der Waals surface area (Å²) in [6.45, 7) is 9.34. The number of allylic oxidation sites excluding steroid dienone is 1. The molecule has 0 saturated heterocycles. The minimum atomic E-state index is 0.628. The van der Waals surface area contributed by atoms with Crippen molar-refractivity contribution in [2.45, 2.75) is 53.4 Å². The number of benzene rings is 2. The standard InChI is InChI=1S/C26H34O/c1-6-7-21-16-19(3)25(20(4)17-21)26(22-10-8-18(2)9-11-22)23-12-14-24(27-5)15-13-23/h8-15,19-21H,6-7,16-17H2,1-5H3. The van der Waals surface area contributed by atoms with E-state index in [1.54, 1.807) is 12.7 Å². The van der Waals surface area contributed by atoms with Crippen LogP contribution in [0.3, 0.4) is 0 Å². The molecule has 144 valence electrons. The van der Waals surface area contributed by atoms with Gasteiger partial charge in [0.2, 0.25) is 0 Å². The Balaban J connectivity index is 2.10. The Morgan fingerprint density at radius 2 is 1.41 bits per heavy atom. The zero-order valence-electron chi connectivity index (χ0n) is 17.6. The van der Waals surface area contributed by atoms with Gasteiger partial charge in [-0.15, -0.1) is 0 Å². The van der Waals surface area contributed by atoms with E-state index in [9.17, 15) is 0 Å². The summed E-state index contributed by atoms with van der Waals surface area (Å²) in [5.74, 6) is 3.05. The fourth-order valence-electron chi connectivity index (χ4n) is 4.95. The predicted molar refractivity (Wildman–Crippen MR) is 116 cm³/mol. The molecule has 1 fully saturated rings. The van der Waals surface area contributed by atoms with Gasteiger partial charge in [-0.2, -0.15) is 0 Å². The number of methoxy groups -OCH3 is 1. The molecule has 0 amide bonds. The molecule has 3 rings (SSSR count). The van der Waals surface area contributed by atoms with Crippen LogP contribution in [-0.2, 0) is 0 Å².